The molecule has 184 valence electrons. The van der Waals surface area contributed by atoms with Gasteiger partial charge in [0.2, 0.25) is 11.8 Å². The van der Waals surface area contributed by atoms with E-state index in [1.165, 1.54) is 0 Å². The zero-order valence-electron chi connectivity index (χ0n) is 20.3. The monoisotopic (exact) mass is 493 g/mol. The molecule has 3 heterocycles. The lowest BCUT2D eigenvalue weighted by Crippen LogP contribution is -2.40. The molecule has 1 amide bonds. The third-order valence-corrected chi connectivity index (χ3v) is 7.54. The number of amides is 1. The molecule has 1 aliphatic heterocycles. The Morgan fingerprint density at radius 1 is 1.17 bits per heavy atom. The van der Waals surface area contributed by atoms with Gasteiger partial charge >= 0.3 is 0 Å². The fourth-order valence-corrected chi connectivity index (χ4v) is 5.34. The van der Waals surface area contributed by atoms with E-state index in [2.05, 4.69) is 31.1 Å². The summed E-state index contributed by atoms with van der Waals surface area (Å²) < 4.78 is 8.31. The van der Waals surface area contributed by atoms with Crippen LogP contribution in [0.5, 0.6) is 5.88 Å². The van der Waals surface area contributed by atoms with Crippen molar-refractivity contribution in [2.75, 3.05) is 0 Å². The highest BCUT2D eigenvalue weighted by Crippen LogP contribution is 2.37. The van der Waals surface area contributed by atoms with Gasteiger partial charge in [-0.05, 0) is 68.4 Å². The Balaban J connectivity index is 1.38. The van der Waals surface area contributed by atoms with Crippen molar-refractivity contribution in [3.8, 4) is 11.6 Å². The first-order valence-corrected chi connectivity index (χ1v) is 13.0. The summed E-state index contributed by atoms with van der Waals surface area (Å²) in [5.74, 6) is 2.93. The summed E-state index contributed by atoms with van der Waals surface area (Å²) in [5.41, 5.74) is 2.18. The van der Waals surface area contributed by atoms with Crippen LogP contribution in [0.2, 0.25) is 5.02 Å². The van der Waals surface area contributed by atoms with Crippen molar-refractivity contribution in [1.82, 2.24) is 25.1 Å². The minimum atomic E-state index is -0.0467. The largest absolute Gasteiger partial charge is 0.474 e. The second-order valence-electron chi connectivity index (χ2n) is 9.77. The van der Waals surface area contributed by atoms with E-state index in [1.54, 1.807) is 6.20 Å². The van der Waals surface area contributed by atoms with Gasteiger partial charge in [0.15, 0.2) is 0 Å². The molecule has 2 aliphatic rings. The van der Waals surface area contributed by atoms with Gasteiger partial charge in [0, 0.05) is 41.6 Å². The van der Waals surface area contributed by atoms with E-state index >= 15 is 0 Å². The maximum absolute atomic E-state index is 12.7. The molecule has 0 bridgehead atoms. The molecule has 1 unspecified atom stereocenters. The Kier molecular flexibility index (Phi) is 7.04. The Labute approximate surface area is 211 Å². The van der Waals surface area contributed by atoms with Gasteiger partial charge < -0.3 is 10.1 Å². The number of benzene rings is 1. The van der Waals surface area contributed by atoms with Crippen molar-refractivity contribution in [3.63, 3.8) is 0 Å². The lowest BCUT2D eigenvalue weighted by molar-refractivity contribution is -0.125. The van der Waals surface area contributed by atoms with Gasteiger partial charge in [-0.1, -0.05) is 31.5 Å². The topological polar surface area (TPSA) is 81.9 Å². The first-order chi connectivity index (χ1) is 17.0. The van der Waals surface area contributed by atoms with E-state index in [0.29, 0.717) is 29.7 Å². The highest BCUT2D eigenvalue weighted by atomic mass is 35.5. The molecule has 0 saturated heterocycles. The predicted molar refractivity (Wildman–Crippen MR) is 135 cm³/mol. The van der Waals surface area contributed by atoms with Gasteiger partial charge in [-0.3, -0.25) is 9.36 Å². The Morgan fingerprint density at radius 3 is 2.74 bits per heavy atom. The van der Waals surface area contributed by atoms with Gasteiger partial charge in [0.1, 0.15) is 17.8 Å². The minimum Gasteiger partial charge on any atom is -0.474 e. The number of ether oxygens (including phenoxy) is 1. The summed E-state index contributed by atoms with van der Waals surface area (Å²) in [7, 11) is 0. The van der Waals surface area contributed by atoms with Crippen LogP contribution in [0.25, 0.3) is 5.69 Å². The van der Waals surface area contributed by atoms with Crippen LogP contribution in [-0.2, 0) is 17.6 Å². The molecule has 1 saturated carbocycles. The van der Waals surface area contributed by atoms with E-state index < -0.39 is 0 Å². The summed E-state index contributed by atoms with van der Waals surface area (Å²) in [6, 6.07) is 11.7. The maximum Gasteiger partial charge on any atom is 0.223 e. The van der Waals surface area contributed by atoms with Crippen molar-refractivity contribution >= 4 is 17.5 Å². The first kappa shape index (κ1) is 23.8. The average molecular weight is 494 g/mol. The van der Waals surface area contributed by atoms with Crippen LogP contribution in [0.4, 0.5) is 0 Å². The van der Waals surface area contributed by atoms with Crippen LogP contribution in [-0.4, -0.2) is 37.8 Å². The van der Waals surface area contributed by atoms with Crippen molar-refractivity contribution in [3.05, 3.63) is 64.8 Å². The lowest BCUT2D eigenvalue weighted by atomic mass is 9.86. The van der Waals surface area contributed by atoms with E-state index in [9.17, 15) is 4.79 Å². The number of aromatic nitrogens is 4. The molecule has 2 atom stereocenters. The van der Waals surface area contributed by atoms with Crippen LogP contribution in [0, 0.1) is 5.92 Å². The molecule has 1 aromatic carbocycles. The van der Waals surface area contributed by atoms with Crippen LogP contribution in [0.3, 0.4) is 0 Å². The SMILES string of the molecule is CCC(C)C(=O)N[C@H]1Cc2cc(Cl)ccc2-n2c(nnc2[C@H]2CC[C@H](Oc3ccccn3)CC2)C1. The van der Waals surface area contributed by atoms with E-state index in [1.807, 2.05) is 44.2 Å². The Hall–Kier alpha value is -2.93. The molecule has 2 aromatic heterocycles. The third-order valence-electron chi connectivity index (χ3n) is 7.30. The third kappa shape index (κ3) is 5.20. The molecule has 0 radical (unpaired) electrons. The standard InChI is InChI=1S/C27H32ClN5O2/c1-3-17(2)27(34)30-21-15-19-14-20(28)9-12-23(19)33-24(16-21)31-32-26(33)18-7-10-22(11-8-18)35-25-6-4-5-13-29-25/h4-6,9,12-14,17-18,21-22H,3,7-8,10-11,15-16H2,1-2H3,(H,30,34)/t17?,18-,21-,22-/m0/s1. The molecule has 1 fully saturated rings. The van der Waals surface area contributed by atoms with Crippen molar-refractivity contribution in [2.45, 2.75) is 76.9 Å². The first-order valence-electron chi connectivity index (χ1n) is 12.6. The highest BCUT2D eigenvalue weighted by molar-refractivity contribution is 6.30. The quantitative estimate of drug-likeness (QED) is 0.519. The van der Waals surface area contributed by atoms with Crippen molar-refractivity contribution < 1.29 is 9.53 Å². The second kappa shape index (κ2) is 10.4. The number of fused-ring (bicyclic) bond motifs is 3. The number of nitrogens with one attached hydrogen (secondary N) is 1. The molecule has 7 nitrogen and oxygen atoms in total. The van der Waals surface area contributed by atoms with Crippen LogP contribution >= 0.6 is 11.6 Å². The van der Waals surface area contributed by atoms with Gasteiger partial charge in [-0.2, -0.15) is 0 Å². The highest BCUT2D eigenvalue weighted by Gasteiger charge is 2.32. The zero-order chi connectivity index (χ0) is 24.4. The summed E-state index contributed by atoms with van der Waals surface area (Å²) in [6.07, 6.45) is 7.95. The van der Waals surface area contributed by atoms with E-state index in [0.717, 1.165) is 55.0 Å². The summed E-state index contributed by atoms with van der Waals surface area (Å²) in [5, 5.41) is 13.2. The molecular formula is C27H32ClN5O2. The van der Waals surface area contributed by atoms with Gasteiger partial charge in [-0.25, -0.2) is 4.98 Å². The van der Waals surface area contributed by atoms with Gasteiger partial charge in [0.25, 0.3) is 0 Å². The Morgan fingerprint density at radius 2 is 2.00 bits per heavy atom. The normalized spacial score (nSPS) is 22.4. The maximum atomic E-state index is 12.7. The second-order valence-corrected chi connectivity index (χ2v) is 10.2. The van der Waals surface area contributed by atoms with E-state index in [-0.39, 0.29) is 24.0 Å². The Bertz CT molecular complexity index is 1170. The van der Waals surface area contributed by atoms with Crippen molar-refractivity contribution in [2.24, 2.45) is 5.92 Å². The predicted octanol–water partition coefficient (Wildman–Crippen LogP) is 5.05. The van der Waals surface area contributed by atoms with Crippen LogP contribution in [0.15, 0.2) is 42.6 Å². The fourth-order valence-electron chi connectivity index (χ4n) is 5.14. The molecule has 1 aliphatic carbocycles. The molecule has 35 heavy (non-hydrogen) atoms. The number of hydrogen-bond acceptors (Lipinski definition) is 5. The number of pyridine rings is 1. The molecule has 0 spiro atoms. The molecular weight excluding hydrogens is 462 g/mol. The fraction of sp³-hybridized carbons (Fsp3) is 0.481. The number of carbonyl (C=O) groups is 1. The summed E-state index contributed by atoms with van der Waals surface area (Å²) >= 11 is 6.38. The number of halogens is 1. The van der Waals surface area contributed by atoms with Gasteiger partial charge in [0.05, 0.1) is 5.69 Å². The van der Waals surface area contributed by atoms with Crippen LogP contribution < -0.4 is 10.1 Å². The summed E-state index contributed by atoms with van der Waals surface area (Å²) in [6.45, 7) is 4.00. The minimum absolute atomic E-state index is 0.0194. The smallest absolute Gasteiger partial charge is 0.223 e. The number of rotatable bonds is 6. The molecule has 1 N–H and O–H groups in total. The molecule has 8 heteroatoms. The van der Waals surface area contributed by atoms with Crippen molar-refractivity contribution in [1.29, 1.82) is 0 Å². The van der Waals surface area contributed by atoms with Gasteiger partial charge in [-0.15, -0.1) is 10.2 Å². The summed E-state index contributed by atoms with van der Waals surface area (Å²) in [4.78, 5) is 17.0. The average Bonchev–Trinajstić information content (AvgIpc) is 3.21. The van der Waals surface area contributed by atoms with Crippen LogP contribution in [0.1, 0.15) is 69.1 Å². The number of carbonyl (C=O) groups excluding carboxylic acids is 1. The lowest BCUT2D eigenvalue weighted by Gasteiger charge is -2.28. The number of hydrogen-bond donors (Lipinski definition) is 1. The molecule has 5 rings (SSSR count). The number of nitrogens with zero attached hydrogens (tertiary/aromatic N) is 4. The van der Waals surface area contributed by atoms with E-state index in [4.69, 9.17) is 16.3 Å². The molecule has 3 aromatic rings. The zero-order valence-corrected chi connectivity index (χ0v) is 21.0.